The van der Waals surface area contributed by atoms with Crippen LogP contribution in [0.4, 0.5) is 4.39 Å². The van der Waals surface area contributed by atoms with Crippen molar-refractivity contribution < 1.29 is 32.9 Å². The number of esters is 1. The normalized spacial score (nSPS) is 10.6. The fraction of sp³-hybridized carbons (Fsp3) is 0.192. The lowest BCUT2D eigenvalue weighted by atomic mass is 10.2. The first kappa shape index (κ1) is 25.2. The minimum Gasteiger partial charge on any atom is -0.494 e. The fourth-order valence-electron chi connectivity index (χ4n) is 2.81. The van der Waals surface area contributed by atoms with Gasteiger partial charge in [-0.05, 0) is 78.7 Å². The number of carbonyl (C=O) groups excluding carboxylic acids is 2. The minimum atomic E-state index is -0.542. The van der Waals surface area contributed by atoms with Gasteiger partial charge in [-0.1, -0.05) is 6.92 Å². The zero-order valence-corrected chi connectivity index (χ0v) is 19.3. The van der Waals surface area contributed by atoms with E-state index in [0.717, 1.165) is 6.42 Å². The van der Waals surface area contributed by atoms with E-state index in [2.05, 4.69) is 10.5 Å². The van der Waals surface area contributed by atoms with Crippen LogP contribution >= 0.6 is 0 Å². The molecule has 0 radical (unpaired) electrons. The summed E-state index contributed by atoms with van der Waals surface area (Å²) in [5.74, 6) is 0.164. The zero-order chi connectivity index (χ0) is 25.0. The average molecular weight is 480 g/mol. The van der Waals surface area contributed by atoms with Crippen LogP contribution in [0.2, 0.25) is 0 Å². The Morgan fingerprint density at radius 1 is 0.943 bits per heavy atom. The van der Waals surface area contributed by atoms with E-state index in [1.807, 2.05) is 6.92 Å². The van der Waals surface area contributed by atoms with Crippen molar-refractivity contribution >= 4 is 18.1 Å². The van der Waals surface area contributed by atoms with Gasteiger partial charge in [-0.15, -0.1) is 0 Å². The minimum absolute atomic E-state index is 0.234. The molecule has 0 aliphatic carbocycles. The van der Waals surface area contributed by atoms with Gasteiger partial charge in [-0.2, -0.15) is 5.10 Å². The number of nitrogens with one attached hydrogen (secondary N) is 1. The summed E-state index contributed by atoms with van der Waals surface area (Å²) in [6.45, 7) is 2.33. The molecule has 3 aromatic carbocycles. The van der Waals surface area contributed by atoms with Gasteiger partial charge < -0.3 is 18.9 Å². The number of rotatable bonds is 11. The highest BCUT2D eigenvalue weighted by atomic mass is 19.1. The standard InChI is InChI=1S/C26H25FN2O6/c1-3-14-33-21-9-5-19(6-10-21)26(31)35-23-13-4-18(15-24(23)32-2)16-28-29-25(30)17-34-22-11-7-20(27)8-12-22/h4-13,15-16H,3,14,17H2,1-2H3,(H,29,30)/b28-16-. The van der Waals surface area contributed by atoms with Crippen molar-refractivity contribution in [1.29, 1.82) is 0 Å². The van der Waals surface area contributed by atoms with Crippen LogP contribution in [0.3, 0.4) is 0 Å². The van der Waals surface area contributed by atoms with Crippen LogP contribution in [0.25, 0.3) is 0 Å². The molecule has 3 rings (SSSR count). The lowest BCUT2D eigenvalue weighted by Crippen LogP contribution is -2.24. The van der Waals surface area contributed by atoms with Crippen LogP contribution in [0.5, 0.6) is 23.0 Å². The van der Waals surface area contributed by atoms with Crippen molar-refractivity contribution in [2.75, 3.05) is 20.3 Å². The third-order valence-electron chi connectivity index (χ3n) is 4.54. The highest BCUT2D eigenvalue weighted by molar-refractivity contribution is 5.92. The predicted molar refractivity (Wildman–Crippen MR) is 128 cm³/mol. The lowest BCUT2D eigenvalue weighted by molar-refractivity contribution is -0.123. The summed E-state index contributed by atoms with van der Waals surface area (Å²) in [6, 6.07) is 16.8. The molecule has 0 saturated carbocycles. The number of ether oxygens (including phenoxy) is 4. The molecule has 0 fully saturated rings. The molecule has 0 bridgehead atoms. The van der Waals surface area contributed by atoms with Crippen LogP contribution in [0, 0.1) is 5.82 Å². The number of hydrogen-bond donors (Lipinski definition) is 1. The summed E-state index contributed by atoms with van der Waals surface area (Å²) in [5, 5.41) is 3.87. The molecule has 8 nitrogen and oxygen atoms in total. The van der Waals surface area contributed by atoms with Gasteiger partial charge in [-0.25, -0.2) is 14.6 Å². The second-order valence-electron chi connectivity index (χ2n) is 7.21. The number of methoxy groups -OCH3 is 1. The van der Waals surface area contributed by atoms with E-state index in [0.29, 0.717) is 35.0 Å². The van der Waals surface area contributed by atoms with Crippen LogP contribution in [0.1, 0.15) is 29.3 Å². The molecule has 0 spiro atoms. The van der Waals surface area contributed by atoms with Gasteiger partial charge in [-0.3, -0.25) is 4.79 Å². The maximum absolute atomic E-state index is 12.9. The quantitative estimate of drug-likeness (QED) is 0.190. The monoisotopic (exact) mass is 480 g/mol. The van der Waals surface area contributed by atoms with Crippen molar-refractivity contribution in [3.05, 3.63) is 83.7 Å². The second kappa shape index (κ2) is 12.7. The summed E-state index contributed by atoms with van der Waals surface area (Å²) in [5.41, 5.74) is 3.29. The highest BCUT2D eigenvalue weighted by Gasteiger charge is 2.13. The first-order valence-electron chi connectivity index (χ1n) is 10.8. The van der Waals surface area contributed by atoms with Crippen LogP contribution in [0.15, 0.2) is 71.8 Å². The molecule has 0 aliphatic rings. The Kier molecular flexibility index (Phi) is 9.18. The molecule has 0 atom stereocenters. The number of amides is 1. The Hall–Kier alpha value is -4.40. The summed E-state index contributed by atoms with van der Waals surface area (Å²) in [7, 11) is 1.45. The van der Waals surface area contributed by atoms with E-state index < -0.39 is 17.7 Å². The number of nitrogens with zero attached hydrogens (tertiary/aromatic N) is 1. The largest absolute Gasteiger partial charge is 0.494 e. The molecule has 0 aromatic heterocycles. The van der Waals surface area contributed by atoms with E-state index in [-0.39, 0.29) is 12.4 Å². The van der Waals surface area contributed by atoms with Crippen LogP contribution in [-0.2, 0) is 4.79 Å². The maximum Gasteiger partial charge on any atom is 0.343 e. The van der Waals surface area contributed by atoms with Gasteiger partial charge >= 0.3 is 5.97 Å². The lowest BCUT2D eigenvalue weighted by Gasteiger charge is -2.10. The van der Waals surface area contributed by atoms with Crippen molar-refractivity contribution in [2.45, 2.75) is 13.3 Å². The summed E-state index contributed by atoms with van der Waals surface area (Å²) >= 11 is 0. The molecule has 0 aliphatic heterocycles. The Morgan fingerprint density at radius 2 is 1.63 bits per heavy atom. The molecule has 0 saturated heterocycles. The summed E-state index contributed by atoms with van der Waals surface area (Å²) in [6.07, 6.45) is 2.29. The molecule has 1 N–H and O–H groups in total. The fourth-order valence-corrected chi connectivity index (χ4v) is 2.81. The van der Waals surface area contributed by atoms with Gasteiger partial charge in [0.2, 0.25) is 0 Å². The average Bonchev–Trinajstić information content (AvgIpc) is 2.88. The van der Waals surface area contributed by atoms with E-state index in [1.54, 1.807) is 42.5 Å². The predicted octanol–water partition coefficient (Wildman–Crippen LogP) is 4.37. The van der Waals surface area contributed by atoms with E-state index in [1.165, 1.54) is 37.6 Å². The number of carbonyl (C=O) groups is 2. The SMILES string of the molecule is CCCOc1ccc(C(=O)Oc2ccc(/C=N\NC(=O)COc3ccc(F)cc3)cc2OC)cc1. The Balaban J connectivity index is 1.54. The third kappa shape index (κ3) is 7.85. The van der Waals surface area contributed by atoms with Gasteiger partial charge in [0, 0.05) is 0 Å². The molecule has 9 heteroatoms. The van der Waals surface area contributed by atoms with Gasteiger partial charge in [0.1, 0.15) is 17.3 Å². The van der Waals surface area contributed by atoms with Crippen molar-refractivity contribution in [1.82, 2.24) is 5.43 Å². The molecule has 182 valence electrons. The zero-order valence-electron chi connectivity index (χ0n) is 19.3. The van der Waals surface area contributed by atoms with E-state index >= 15 is 0 Å². The number of hydrogen-bond acceptors (Lipinski definition) is 7. The maximum atomic E-state index is 12.9. The first-order valence-corrected chi connectivity index (χ1v) is 10.8. The van der Waals surface area contributed by atoms with Crippen LogP contribution in [-0.4, -0.2) is 38.4 Å². The van der Waals surface area contributed by atoms with E-state index in [4.69, 9.17) is 18.9 Å². The Morgan fingerprint density at radius 3 is 2.31 bits per heavy atom. The first-order chi connectivity index (χ1) is 17.0. The number of hydrazone groups is 1. The Bertz CT molecular complexity index is 1160. The molecule has 0 heterocycles. The smallest absolute Gasteiger partial charge is 0.343 e. The molecular weight excluding hydrogens is 455 g/mol. The number of halogens is 1. The Labute approximate surface area is 202 Å². The summed E-state index contributed by atoms with van der Waals surface area (Å²) in [4.78, 5) is 24.4. The van der Waals surface area contributed by atoms with Gasteiger partial charge in [0.25, 0.3) is 5.91 Å². The molecule has 0 unspecified atom stereocenters. The highest BCUT2D eigenvalue weighted by Crippen LogP contribution is 2.28. The van der Waals surface area contributed by atoms with Crippen LogP contribution < -0.4 is 24.4 Å². The van der Waals surface area contributed by atoms with Crippen molar-refractivity contribution in [3.8, 4) is 23.0 Å². The van der Waals surface area contributed by atoms with Gasteiger partial charge in [0.05, 0.1) is 25.5 Å². The van der Waals surface area contributed by atoms with Gasteiger partial charge in [0.15, 0.2) is 18.1 Å². The van der Waals surface area contributed by atoms with E-state index in [9.17, 15) is 14.0 Å². The molecule has 35 heavy (non-hydrogen) atoms. The van der Waals surface area contributed by atoms with Crippen molar-refractivity contribution in [2.24, 2.45) is 5.10 Å². The second-order valence-corrected chi connectivity index (χ2v) is 7.21. The summed E-state index contributed by atoms with van der Waals surface area (Å²) < 4.78 is 34.4. The molecule has 1 amide bonds. The van der Waals surface area contributed by atoms with Crippen molar-refractivity contribution in [3.63, 3.8) is 0 Å². The topological polar surface area (TPSA) is 95.5 Å². The molecule has 3 aromatic rings. The number of benzene rings is 3. The third-order valence-corrected chi connectivity index (χ3v) is 4.54. The molecular formula is C26H25FN2O6.